The maximum absolute atomic E-state index is 12.2. The average molecular weight is 417 g/mol. The van der Waals surface area contributed by atoms with Gasteiger partial charge in [-0.3, -0.25) is 9.59 Å². The summed E-state index contributed by atoms with van der Waals surface area (Å²) in [7, 11) is 0. The summed E-state index contributed by atoms with van der Waals surface area (Å²) in [5.74, 6) is 2.41. The van der Waals surface area contributed by atoms with Crippen LogP contribution in [0.4, 0.5) is 0 Å². The molecule has 2 unspecified atom stereocenters. The van der Waals surface area contributed by atoms with Gasteiger partial charge in [0, 0.05) is 12.8 Å². The summed E-state index contributed by atoms with van der Waals surface area (Å²) in [6.07, 6.45) is 10.9. The molecule has 3 fully saturated rings. The third kappa shape index (κ3) is 3.20. The number of ether oxygens (including phenoxy) is 1. The SMILES string of the molecule is CCC(=O)OCCCC1(O)CC[C@H]2[C@@H]3CCC4=CC(=O)CC(C)[C@]4(C)[C@@H]3CC[C@@]21C. The standard InChI is InChI=1S/C26H40O4/c1-5-23(28)30-14-6-11-26(29)13-10-21-20-8-7-18-16-19(27)15-17(2)25(18,4)22(20)9-12-24(21,26)3/h16-17,20-22,29H,5-15H2,1-4H3/t17?,20-,21-,22+,24-,25-,26?/m0/s1. The van der Waals surface area contributed by atoms with E-state index >= 15 is 0 Å². The summed E-state index contributed by atoms with van der Waals surface area (Å²) in [4.78, 5) is 23.6. The van der Waals surface area contributed by atoms with Crippen molar-refractivity contribution >= 4 is 11.8 Å². The van der Waals surface area contributed by atoms with Crippen LogP contribution in [0.2, 0.25) is 0 Å². The Labute approximate surface area is 181 Å². The van der Waals surface area contributed by atoms with Crippen molar-refractivity contribution in [2.24, 2.45) is 34.5 Å². The largest absolute Gasteiger partial charge is 0.466 e. The molecule has 4 rings (SSSR count). The molecule has 0 aliphatic heterocycles. The van der Waals surface area contributed by atoms with Gasteiger partial charge in [0.15, 0.2) is 5.78 Å². The van der Waals surface area contributed by atoms with E-state index in [-0.39, 0.29) is 16.8 Å². The molecule has 0 saturated heterocycles. The molecule has 168 valence electrons. The van der Waals surface area contributed by atoms with E-state index in [1.807, 2.05) is 13.0 Å². The van der Waals surface area contributed by atoms with E-state index in [1.54, 1.807) is 0 Å². The fourth-order valence-corrected chi connectivity index (χ4v) is 8.11. The summed E-state index contributed by atoms with van der Waals surface area (Å²) in [6, 6.07) is 0. The van der Waals surface area contributed by atoms with E-state index in [0.717, 1.165) is 51.4 Å². The van der Waals surface area contributed by atoms with Crippen LogP contribution in [0.3, 0.4) is 0 Å². The van der Waals surface area contributed by atoms with Gasteiger partial charge in [-0.25, -0.2) is 0 Å². The predicted molar refractivity (Wildman–Crippen MR) is 117 cm³/mol. The van der Waals surface area contributed by atoms with Crippen molar-refractivity contribution in [3.05, 3.63) is 11.6 Å². The number of ketones is 1. The lowest BCUT2D eigenvalue weighted by Crippen LogP contribution is -2.56. The first-order valence-corrected chi connectivity index (χ1v) is 12.3. The molecular weight excluding hydrogens is 376 g/mol. The minimum Gasteiger partial charge on any atom is -0.466 e. The minimum absolute atomic E-state index is 0.0474. The van der Waals surface area contributed by atoms with Crippen molar-refractivity contribution in [3.63, 3.8) is 0 Å². The van der Waals surface area contributed by atoms with Gasteiger partial charge in [-0.15, -0.1) is 0 Å². The maximum atomic E-state index is 12.2. The molecular formula is C26H40O4. The Bertz CT molecular complexity index is 741. The molecule has 4 heteroatoms. The number of aliphatic hydroxyl groups is 1. The van der Waals surface area contributed by atoms with Gasteiger partial charge in [0.05, 0.1) is 12.2 Å². The van der Waals surface area contributed by atoms with Crippen LogP contribution in [0, 0.1) is 34.5 Å². The van der Waals surface area contributed by atoms with Crippen LogP contribution < -0.4 is 0 Å². The second-order valence-corrected chi connectivity index (χ2v) is 11.1. The average Bonchev–Trinajstić information content (AvgIpc) is 2.97. The summed E-state index contributed by atoms with van der Waals surface area (Å²) in [5.41, 5.74) is 0.857. The number of fused-ring (bicyclic) bond motifs is 5. The number of hydrogen-bond donors (Lipinski definition) is 1. The first-order chi connectivity index (χ1) is 14.2. The van der Waals surface area contributed by atoms with Crippen molar-refractivity contribution in [1.82, 2.24) is 0 Å². The number of esters is 1. The topological polar surface area (TPSA) is 63.6 Å². The molecule has 0 aromatic rings. The molecule has 0 aromatic heterocycles. The van der Waals surface area contributed by atoms with Crippen molar-refractivity contribution in [2.75, 3.05) is 6.61 Å². The summed E-state index contributed by atoms with van der Waals surface area (Å²) in [5, 5.41) is 11.7. The van der Waals surface area contributed by atoms with Gasteiger partial charge in [-0.05, 0) is 91.9 Å². The Morgan fingerprint density at radius 1 is 1.20 bits per heavy atom. The minimum atomic E-state index is -0.646. The van der Waals surface area contributed by atoms with Gasteiger partial charge in [0.1, 0.15) is 0 Å². The third-order valence-electron chi connectivity index (χ3n) is 10.1. The Morgan fingerprint density at radius 2 is 1.93 bits per heavy atom. The molecule has 7 atom stereocenters. The fraction of sp³-hybridized carbons (Fsp3) is 0.846. The molecule has 3 saturated carbocycles. The van der Waals surface area contributed by atoms with Gasteiger partial charge >= 0.3 is 5.97 Å². The smallest absolute Gasteiger partial charge is 0.305 e. The number of carbonyl (C=O) groups excluding carboxylic acids is 2. The summed E-state index contributed by atoms with van der Waals surface area (Å²) in [6.45, 7) is 9.27. The first-order valence-electron chi connectivity index (χ1n) is 12.3. The fourth-order valence-electron chi connectivity index (χ4n) is 8.11. The number of allylic oxidation sites excluding steroid dienone is 1. The number of hydrogen-bond acceptors (Lipinski definition) is 4. The molecule has 1 N–H and O–H groups in total. The molecule has 4 nitrogen and oxygen atoms in total. The van der Waals surface area contributed by atoms with Crippen LogP contribution in [0.15, 0.2) is 11.6 Å². The van der Waals surface area contributed by atoms with E-state index in [0.29, 0.717) is 48.9 Å². The quantitative estimate of drug-likeness (QED) is 0.492. The molecule has 0 spiro atoms. The van der Waals surface area contributed by atoms with Crippen molar-refractivity contribution in [2.45, 2.75) is 97.5 Å². The highest BCUT2D eigenvalue weighted by Gasteiger charge is 2.64. The normalized spacial score (nSPS) is 45.2. The molecule has 4 aliphatic carbocycles. The maximum Gasteiger partial charge on any atom is 0.305 e. The van der Waals surface area contributed by atoms with Crippen LogP contribution in [0.1, 0.15) is 91.9 Å². The van der Waals surface area contributed by atoms with Crippen LogP contribution >= 0.6 is 0 Å². The van der Waals surface area contributed by atoms with E-state index in [2.05, 4.69) is 20.8 Å². The molecule has 0 bridgehead atoms. The van der Waals surface area contributed by atoms with Crippen LogP contribution in [-0.4, -0.2) is 29.1 Å². The lowest BCUT2D eigenvalue weighted by molar-refractivity contribution is -0.147. The highest BCUT2D eigenvalue weighted by atomic mass is 16.5. The van der Waals surface area contributed by atoms with Gasteiger partial charge in [-0.1, -0.05) is 33.3 Å². The zero-order chi connectivity index (χ0) is 21.7. The number of rotatable bonds is 5. The predicted octanol–water partition coefficient (Wildman–Crippen LogP) is 5.23. The van der Waals surface area contributed by atoms with Crippen molar-refractivity contribution in [3.8, 4) is 0 Å². The van der Waals surface area contributed by atoms with Crippen molar-refractivity contribution < 1.29 is 19.4 Å². The van der Waals surface area contributed by atoms with Crippen LogP contribution in [-0.2, 0) is 14.3 Å². The first kappa shape index (κ1) is 22.0. The van der Waals surface area contributed by atoms with E-state index in [4.69, 9.17) is 4.74 Å². The Balaban J connectivity index is 1.50. The molecule has 0 amide bonds. The third-order valence-corrected chi connectivity index (χ3v) is 10.1. The zero-order valence-electron chi connectivity index (χ0n) is 19.3. The summed E-state index contributed by atoms with van der Waals surface area (Å²) < 4.78 is 5.26. The van der Waals surface area contributed by atoms with Crippen LogP contribution in [0.5, 0.6) is 0 Å². The van der Waals surface area contributed by atoms with Crippen molar-refractivity contribution in [1.29, 1.82) is 0 Å². The highest BCUT2D eigenvalue weighted by molar-refractivity contribution is 5.92. The molecule has 0 radical (unpaired) electrons. The molecule has 4 aliphatic rings. The Kier molecular flexibility index (Phi) is 5.70. The number of carbonyl (C=O) groups is 2. The molecule has 0 aromatic carbocycles. The molecule has 0 heterocycles. The molecule has 30 heavy (non-hydrogen) atoms. The van der Waals surface area contributed by atoms with E-state index < -0.39 is 5.60 Å². The highest BCUT2D eigenvalue weighted by Crippen LogP contribution is 2.68. The summed E-state index contributed by atoms with van der Waals surface area (Å²) >= 11 is 0. The second-order valence-electron chi connectivity index (χ2n) is 11.1. The van der Waals surface area contributed by atoms with E-state index in [9.17, 15) is 14.7 Å². The van der Waals surface area contributed by atoms with Gasteiger partial charge < -0.3 is 9.84 Å². The van der Waals surface area contributed by atoms with E-state index in [1.165, 1.54) is 5.57 Å². The van der Waals surface area contributed by atoms with Gasteiger partial charge in [-0.2, -0.15) is 0 Å². The van der Waals surface area contributed by atoms with Gasteiger partial charge in [0.2, 0.25) is 0 Å². The second kappa shape index (κ2) is 7.76. The zero-order valence-corrected chi connectivity index (χ0v) is 19.3. The Morgan fingerprint density at radius 3 is 2.67 bits per heavy atom. The lowest BCUT2D eigenvalue weighted by atomic mass is 9.44. The van der Waals surface area contributed by atoms with Gasteiger partial charge in [0.25, 0.3) is 0 Å². The lowest BCUT2D eigenvalue weighted by Gasteiger charge is -2.60. The Hall–Kier alpha value is -1.16. The van der Waals surface area contributed by atoms with Crippen LogP contribution in [0.25, 0.3) is 0 Å². The monoisotopic (exact) mass is 416 g/mol.